The second-order valence-electron chi connectivity index (χ2n) is 3.78. The van der Waals surface area contributed by atoms with Crippen molar-refractivity contribution in [3.8, 4) is 0 Å². The summed E-state index contributed by atoms with van der Waals surface area (Å²) < 4.78 is 5.17. The van der Waals surface area contributed by atoms with Gasteiger partial charge in [0.25, 0.3) is 0 Å². The van der Waals surface area contributed by atoms with Crippen molar-refractivity contribution in [1.82, 2.24) is 5.32 Å². The molecule has 0 aliphatic rings. The van der Waals surface area contributed by atoms with Crippen molar-refractivity contribution in [3.63, 3.8) is 0 Å². The highest BCUT2D eigenvalue weighted by molar-refractivity contribution is 4.72. The first-order valence-corrected chi connectivity index (χ1v) is 5.48. The molecule has 0 aromatic carbocycles. The summed E-state index contributed by atoms with van der Waals surface area (Å²) in [4.78, 5) is 0. The minimum Gasteiger partial charge on any atom is -0.384 e. The SMILES string of the molecule is CCCNC(CCC)C(C)COC. The largest absolute Gasteiger partial charge is 0.384 e. The molecule has 0 saturated carbocycles. The van der Waals surface area contributed by atoms with Gasteiger partial charge >= 0.3 is 0 Å². The Morgan fingerprint density at radius 2 is 1.92 bits per heavy atom. The van der Waals surface area contributed by atoms with Gasteiger partial charge in [0.05, 0.1) is 6.61 Å². The van der Waals surface area contributed by atoms with Crippen LogP contribution in [0.2, 0.25) is 0 Å². The maximum absolute atomic E-state index is 5.17. The van der Waals surface area contributed by atoms with E-state index in [0.717, 1.165) is 13.2 Å². The quantitative estimate of drug-likeness (QED) is 0.630. The number of rotatable bonds is 8. The maximum atomic E-state index is 5.17. The van der Waals surface area contributed by atoms with Crippen molar-refractivity contribution >= 4 is 0 Å². The number of nitrogens with one attached hydrogen (secondary N) is 1. The van der Waals surface area contributed by atoms with Gasteiger partial charge in [0.1, 0.15) is 0 Å². The van der Waals surface area contributed by atoms with Crippen LogP contribution in [0.3, 0.4) is 0 Å². The highest BCUT2D eigenvalue weighted by atomic mass is 16.5. The van der Waals surface area contributed by atoms with Crippen molar-refractivity contribution in [1.29, 1.82) is 0 Å². The molecule has 0 aromatic rings. The van der Waals surface area contributed by atoms with Crippen LogP contribution >= 0.6 is 0 Å². The Kier molecular flexibility index (Phi) is 8.46. The van der Waals surface area contributed by atoms with E-state index >= 15 is 0 Å². The van der Waals surface area contributed by atoms with E-state index in [1.807, 2.05) is 0 Å². The molecule has 80 valence electrons. The second-order valence-corrected chi connectivity index (χ2v) is 3.78. The van der Waals surface area contributed by atoms with E-state index in [4.69, 9.17) is 4.74 Å². The van der Waals surface area contributed by atoms with E-state index < -0.39 is 0 Å². The molecule has 2 nitrogen and oxygen atoms in total. The van der Waals surface area contributed by atoms with Gasteiger partial charge in [-0.2, -0.15) is 0 Å². The zero-order valence-electron chi connectivity index (χ0n) is 9.60. The van der Waals surface area contributed by atoms with Crippen LogP contribution in [0.4, 0.5) is 0 Å². The lowest BCUT2D eigenvalue weighted by Crippen LogP contribution is -2.37. The monoisotopic (exact) mass is 187 g/mol. The summed E-state index contributed by atoms with van der Waals surface area (Å²) in [5.74, 6) is 0.622. The first kappa shape index (κ1) is 12.9. The number of hydrogen-bond acceptors (Lipinski definition) is 2. The Morgan fingerprint density at radius 1 is 1.23 bits per heavy atom. The fraction of sp³-hybridized carbons (Fsp3) is 1.00. The van der Waals surface area contributed by atoms with Crippen molar-refractivity contribution in [3.05, 3.63) is 0 Å². The molecule has 0 amide bonds. The van der Waals surface area contributed by atoms with Crippen LogP contribution in [0, 0.1) is 5.92 Å². The van der Waals surface area contributed by atoms with E-state index in [1.54, 1.807) is 7.11 Å². The standard InChI is InChI=1S/C11H25NO/c1-5-7-11(12-8-6-2)10(3)9-13-4/h10-12H,5-9H2,1-4H3. The highest BCUT2D eigenvalue weighted by Crippen LogP contribution is 2.09. The molecule has 0 radical (unpaired) electrons. The van der Waals surface area contributed by atoms with Gasteiger partial charge in [0.15, 0.2) is 0 Å². The number of ether oxygens (including phenoxy) is 1. The van der Waals surface area contributed by atoms with Crippen molar-refractivity contribution in [2.45, 2.75) is 46.1 Å². The van der Waals surface area contributed by atoms with Crippen LogP contribution < -0.4 is 5.32 Å². The number of hydrogen-bond donors (Lipinski definition) is 1. The third kappa shape index (κ3) is 6.05. The first-order chi connectivity index (χ1) is 6.26. The van der Waals surface area contributed by atoms with E-state index in [-0.39, 0.29) is 0 Å². The molecule has 13 heavy (non-hydrogen) atoms. The summed E-state index contributed by atoms with van der Waals surface area (Å²) in [6, 6.07) is 0.630. The Hall–Kier alpha value is -0.0800. The molecule has 0 rings (SSSR count). The predicted molar refractivity (Wildman–Crippen MR) is 58.0 cm³/mol. The van der Waals surface area contributed by atoms with Gasteiger partial charge in [0.2, 0.25) is 0 Å². The topological polar surface area (TPSA) is 21.3 Å². The number of methoxy groups -OCH3 is 1. The molecule has 0 aliphatic heterocycles. The van der Waals surface area contributed by atoms with Gasteiger partial charge in [-0.25, -0.2) is 0 Å². The molecule has 2 heteroatoms. The average Bonchev–Trinajstić information content (AvgIpc) is 2.12. The lowest BCUT2D eigenvalue weighted by atomic mass is 9.98. The van der Waals surface area contributed by atoms with Gasteiger partial charge in [-0.05, 0) is 25.3 Å². The summed E-state index contributed by atoms with van der Waals surface area (Å²) in [6.45, 7) is 8.68. The molecule has 1 N–H and O–H groups in total. The molecule has 0 spiro atoms. The Balaban J connectivity index is 3.75. The third-order valence-corrected chi connectivity index (χ3v) is 2.37. The second kappa shape index (κ2) is 8.52. The lowest BCUT2D eigenvalue weighted by molar-refractivity contribution is 0.136. The molecule has 0 fully saturated rings. The molecule has 0 aliphatic carbocycles. The summed E-state index contributed by atoms with van der Waals surface area (Å²) >= 11 is 0. The van der Waals surface area contributed by atoms with Gasteiger partial charge in [-0.15, -0.1) is 0 Å². The molecule has 0 aromatic heterocycles. The van der Waals surface area contributed by atoms with Crippen LogP contribution in [0.5, 0.6) is 0 Å². The van der Waals surface area contributed by atoms with Crippen molar-refractivity contribution < 1.29 is 4.74 Å². The minimum atomic E-state index is 0.622. The zero-order chi connectivity index (χ0) is 10.1. The molecular formula is C11H25NO. The third-order valence-electron chi connectivity index (χ3n) is 2.37. The van der Waals surface area contributed by atoms with Crippen molar-refractivity contribution in [2.24, 2.45) is 5.92 Å². The van der Waals surface area contributed by atoms with E-state index in [9.17, 15) is 0 Å². The molecular weight excluding hydrogens is 162 g/mol. The first-order valence-electron chi connectivity index (χ1n) is 5.48. The smallest absolute Gasteiger partial charge is 0.0502 e. The minimum absolute atomic E-state index is 0.622. The molecule has 0 heterocycles. The van der Waals surface area contributed by atoms with Gasteiger partial charge < -0.3 is 10.1 Å². The summed E-state index contributed by atoms with van der Waals surface area (Å²) in [5.41, 5.74) is 0. The maximum Gasteiger partial charge on any atom is 0.0502 e. The lowest BCUT2D eigenvalue weighted by Gasteiger charge is -2.24. The summed E-state index contributed by atoms with van der Waals surface area (Å²) in [7, 11) is 1.78. The Bertz CT molecular complexity index is 106. The summed E-state index contributed by atoms with van der Waals surface area (Å²) in [6.07, 6.45) is 3.71. The fourth-order valence-electron chi connectivity index (χ4n) is 1.61. The van der Waals surface area contributed by atoms with Crippen LogP contribution in [0.1, 0.15) is 40.0 Å². The normalized spacial score (nSPS) is 15.7. The summed E-state index contributed by atoms with van der Waals surface area (Å²) in [5, 5.41) is 3.57. The van der Waals surface area contributed by atoms with Crippen molar-refractivity contribution in [2.75, 3.05) is 20.3 Å². The zero-order valence-corrected chi connectivity index (χ0v) is 9.60. The van der Waals surface area contributed by atoms with Gasteiger partial charge in [-0.3, -0.25) is 0 Å². The highest BCUT2D eigenvalue weighted by Gasteiger charge is 2.14. The Labute approximate surface area is 83.1 Å². The van der Waals surface area contributed by atoms with E-state index in [1.165, 1.54) is 19.3 Å². The molecule has 2 unspecified atom stereocenters. The van der Waals surface area contributed by atoms with Crippen LogP contribution in [-0.2, 0) is 4.74 Å². The van der Waals surface area contributed by atoms with Gasteiger partial charge in [-0.1, -0.05) is 27.2 Å². The molecule has 0 bridgehead atoms. The van der Waals surface area contributed by atoms with E-state index in [2.05, 4.69) is 26.1 Å². The van der Waals surface area contributed by atoms with Gasteiger partial charge in [0, 0.05) is 13.2 Å². The van der Waals surface area contributed by atoms with Crippen LogP contribution in [0.15, 0.2) is 0 Å². The average molecular weight is 187 g/mol. The fourth-order valence-corrected chi connectivity index (χ4v) is 1.61. The molecule has 2 atom stereocenters. The predicted octanol–water partition coefficient (Wildman–Crippen LogP) is 2.44. The molecule has 0 saturated heterocycles. The van der Waals surface area contributed by atoms with Crippen LogP contribution in [-0.4, -0.2) is 26.3 Å². The van der Waals surface area contributed by atoms with Crippen LogP contribution in [0.25, 0.3) is 0 Å². The van der Waals surface area contributed by atoms with E-state index in [0.29, 0.717) is 12.0 Å². The Morgan fingerprint density at radius 3 is 2.38 bits per heavy atom.